The average Bonchev–Trinajstić information content (AvgIpc) is 2.52. The second-order valence-corrected chi connectivity index (χ2v) is 5.29. The van der Waals surface area contributed by atoms with E-state index in [2.05, 4.69) is 17.2 Å². The summed E-state index contributed by atoms with van der Waals surface area (Å²) in [5.74, 6) is 6.08. The van der Waals surface area contributed by atoms with Crippen molar-refractivity contribution in [3.63, 3.8) is 0 Å². The van der Waals surface area contributed by atoms with Crippen LogP contribution in [0.25, 0.3) is 0 Å². The summed E-state index contributed by atoms with van der Waals surface area (Å²) in [5.41, 5.74) is 6.93. The van der Waals surface area contributed by atoms with Crippen molar-refractivity contribution < 1.29 is 4.79 Å². The van der Waals surface area contributed by atoms with E-state index in [1.54, 1.807) is 0 Å². The highest BCUT2D eigenvalue weighted by molar-refractivity contribution is 8.00. The standard InChI is InChI=1S/C17H16N2OS/c18-11-5-7-14-6-4-8-15(12-14)19-17(20)13-21-16-9-2-1-3-10-16/h1-4,6,8-10,12H,11,13,18H2,(H,19,20). The zero-order valence-electron chi connectivity index (χ0n) is 11.5. The van der Waals surface area contributed by atoms with E-state index in [0.29, 0.717) is 12.3 Å². The van der Waals surface area contributed by atoms with Gasteiger partial charge in [0.1, 0.15) is 0 Å². The van der Waals surface area contributed by atoms with Gasteiger partial charge in [0, 0.05) is 16.1 Å². The van der Waals surface area contributed by atoms with E-state index in [1.807, 2.05) is 54.6 Å². The Morgan fingerprint density at radius 1 is 1.14 bits per heavy atom. The number of carbonyl (C=O) groups is 1. The van der Waals surface area contributed by atoms with E-state index >= 15 is 0 Å². The van der Waals surface area contributed by atoms with Gasteiger partial charge >= 0.3 is 0 Å². The van der Waals surface area contributed by atoms with E-state index in [0.717, 1.165) is 16.1 Å². The molecule has 21 heavy (non-hydrogen) atoms. The third-order valence-corrected chi connectivity index (χ3v) is 3.61. The molecule has 0 bridgehead atoms. The second-order valence-electron chi connectivity index (χ2n) is 4.24. The maximum absolute atomic E-state index is 11.9. The van der Waals surface area contributed by atoms with Crippen molar-refractivity contribution in [2.75, 3.05) is 17.6 Å². The van der Waals surface area contributed by atoms with Gasteiger partial charge in [-0.25, -0.2) is 0 Å². The van der Waals surface area contributed by atoms with Crippen molar-refractivity contribution in [2.45, 2.75) is 4.90 Å². The topological polar surface area (TPSA) is 55.1 Å². The van der Waals surface area contributed by atoms with Crippen LogP contribution in [0.15, 0.2) is 59.5 Å². The monoisotopic (exact) mass is 296 g/mol. The van der Waals surface area contributed by atoms with E-state index in [1.165, 1.54) is 11.8 Å². The summed E-state index contributed by atoms with van der Waals surface area (Å²) in [5, 5.41) is 2.87. The Morgan fingerprint density at radius 3 is 2.71 bits per heavy atom. The number of hydrogen-bond acceptors (Lipinski definition) is 3. The third-order valence-electron chi connectivity index (χ3n) is 2.59. The normalized spacial score (nSPS) is 9.57. The first kappa shape index (κ1) is 15.2. The quantitative estimate of drug-likeness (QED) is 0.674. The third kappa shape index (κ3) is 5.35. The summed E-state index contributed by atoms with van der Waals surface area (Å²) >= 11 is 1.51. The van der Waals surface area contributed by atoms with Crippen LogP contribution in [0.2, 0.25) is 0 Å². The number of carbonyl (C=O) groups excluding carboxylic acids is 1. The van der Waals surface area contributed by atoms with Crippen LogP contribution < -0.4 is 11.1 Å². The van der Waals surface area contributed by atoms with Crippen molar-refractivity contribution >= 4 is 23.4 Å². The molecular weight excluding hydrogens is 280 g/mol. The van der Waals surface area contributed by atoms with Crippen LogP contribution in [0.4, 0.5) is 5.69 Å². The highest BCUT2D eigenvalue weighted by atomic mass is 32.2. The van der Waals surface area contributed by atoms with Crippen molar-refractivity contribution in [1.82, 2.24) is 0 Å². The van der Waals surface area contributed by atoms with Gasteiger partial charge in [0.05, 0.1) is 12.3 Å². The summed E-state index contributed by atoms with van der Waals surface area (Å²) in [6.45, 7) is 0.324. The van der Waals surface area contributed by atoms with E-state index < -0.39 is 0 Å². The van der Waals surface area contributed by atoms with E-state index in [9.17, 15) is 4.79 Å². The molecule has 0 saturated carbocycles. The first-order valence-corrected chi connectivity index (χ1v) is 7.53. The summed E-state index contributed by atoms with van der Waals surface area (Å²) in [6.07, 6.45) is 0. The van der Waals surface area contributed by atoms with Crippen molar-refractivity contribution in [3.8, 4) is 11.8 Å². The number of anilines is 1. The SMILES string of the molecule is NCC#Cc1cccc(NC(=O)CSc2ccccc2)c1. The summed E-state index contributed by atoms with van der Waals surface area (Å²) in [4.78, 5) is 13.0. The van der Waals surface area contributed by atoms with Gasteiger partial charge in [0.15, 0.2) is 0 Å². The molecule has 0 aliphatic rings. The first-order valence-electron chi connectivity index (χ1n) is 6.54. The summed E-state index contributed by atoms with van der Waals surface area (Å²) in [6, 6.07) is 17.3. The molecule has 3 nitrogen and oxygen atoms in total. The number of amides is 1. The lowest BCUT2D eigenvalue weighted by Crippen LogP contribution is -2.13. The number of nitrogens with two attached hydrogens (primary N) is 1. The Hall–Kier alpha value is -2.22. The Bertz CT molecular complexity index is 659. The molecule has 0 aliphatic carbocycles. The molecule has 2 rings (SSSR count). The van der Waals surface area contributed by atoms with Crippen LogP contribution >= 0.6 is 11.8 Å². The molecule has 2 aromatic carbocycles. The molecule has 0 unspecified atom stereocenters. The molecule has 0 fully saturated rings. The Kier molecular flexibility index (Phi) is 5.89. The molecule has 3 N–H and O–H groups in total. The van der Waals surface area contributed by atoms with Crippen LogP contribution in [-0.2, 0) is 4.79 Å². The second kappa shape index (κ2) is 8.15. The van der Waals surface area contributed by atoms with Gasteiger partial charge in [-0.15, -0.1) is 11.8 Å². The molecular formula is C17H16N2OS. The highest BCUT2D eigenvalue weighted by Gasteiger charge is 2.03. The summed E-state index contributed by atoms with van der Waals surface area (Å²) < 4.78 is 0. The number of thioether (sulfide) groups is 1. The molecule has 0 radical (unpaired) electrons. The lowest BCUT2D eigenvalue weighted by Gasteiger charge is -2.05. The molecule has 1 amide bonds. The first-order chi connectivity index (χ1) is 10.3. The molecule has 4 heteroatoms. The van der Waals surface area contributed by atoms with Gasteiger partial charge in [-0.2, -0.15) is 0 Å². The minimum Gasteiger partial charge on any atom is -0.325 e. The van der Waals surface area contributed by atoms with Gasteiger partial charge < -0.3 is 11.1 Å². The molecule has 0 spiro atoms. The Balaban J connectivity index is 1.90. The molecule has 0 aromatic heterocycles. The van der Waals surface area contributed by atoms with Crippen molar-refractivity contribution in [1.29, 1.82) is 0 Å². The zero-order chi connectivity index (χ0) is 14.9. The van der Waals surface area contributed by atoms with E-state index in [4.69, 9.17) is 5.73 Å². The van der Waals surface area contributed by atoms with Crippen LogP contribution in [0.5, 0.6) is 0 Å². The van der Waals surface area contributed by atoms with Gasteiger partial charge in [-0.05, 0) is 30.3 Å². The minimum atomic E-state index is -0.0345. The number of hydrogen-bond donors (Lipinski definition) is 2. The fourth-order valence-electron chi connectivity index (χ4n) is 1.69. The molecule has 0 aliphatic heterocycles. The Labute approximate surface area is 128 Å². The van der Waals surface area contributed by atoms with Gasteiger partial charge in [0.25, 0.3) is 0 Å². The van der Waals surface area contributed by atoms with Gasteiger partial charge in [-0.1, -0.05) is 36.1 Å². The molecule has 0 heterocycles. The van der Waals surface area contributed by atoms with Crippen LogP contribution in [0.1, 0.15) is 5.56 Å². The van der Waals surface area contributed by atoms with Gasteiger partial charge in [0.2, 0.25) is 5.91 Å². The van der Waals surface area contributed by atoms with Crippen LogP contribution in [-0.4, -0.2) is 18.2 Å². The fraction of sp³-hybridized carbons (Fsp3) is 0.118. The lowest BCUT2D eigenvalue weighted by atomic mass is 10.2. The minimum absolute atomic E-state index is 0.0345. The molecule has 0 saturated heterocycles. The number of nitrogens with one attached hydrogen (secondary N) is 1. The van der Waals surface area contributed by atoms with Crippen molar-refractivity contribution in [3.05, 3.63) is 60.2 Å². The largest absolute Gasteiger partial charge is 0.325 e. The van der Waals surface area contributed by atoms with Crippen LogP contribution in [0, 0.1) is 11.8 Å². The average molecular weight is 296 g/mol. The number of rotatable bonds is 4. The molecule has 106 valence electrons. The van der Waals surface area contributed by atoms with Crippen molar-refractivity contribution in [2.24, 2.45) is 5.73 Å². The smallest absolute Gasteiger partial charge is 0.234 e. The fourth-order valence-corrected chi connectivity index (χ4v) is 2.41. The molecule has 0 atom stereocenters. The molecule has 2 aromatic rings. The van der Waals surface area contributed by atoms with E-state index in [-0.39, 0.29) is 5.91 Å². The number of benzene rings is 2. The van der Waals surface area contributed by atoms with Crippen LogP contribution in [0.3, 0.4) is 0 Å². The highest BCUT2D eigenvalue weighted by Crippen LogP contribution is 2.17. The van der Waals surface area contributed by atoms with Gasteiger partial charge in [-0.3, -0.25) is 4.79 Å². The lowest BCUT2D eigenvalue weighted by molar-refractivity contribution is -0.113. The Morgan fingerprint density at radius 2 is 1.95 bits per heavy atom. The maximum atomic E-state index is 11.9. The predicted molar refractivity (Wildman–Crippen MR) is 88.2 cm³/mol. The maximum Gasteiger partial charge on any atom is 0.234 e. The summed E-state index contributed by atoms with van der Waals surface area (Å²) in [7, 11) is 0. The zero-order valence-corrected chi connectivity index (χ0v) is 12.3. The predicted octanol–water partition coefficient (Wildman–Crippen LogP) is 2.73.